The van der Waals surface area contributed by atoms with E-state index in [0.717, 1.165) is 5.88 Å². The van der Waals surface area contributed by atoms with Gasteiger partial charge in [0.25, 0.3) is 0 Å². The zero-order valence-corrected chi connectivity index (χ0v) is 5.38. The molecule has 0 aliphatic rings. The van der Waals surface area contributed by atoms with Gasteiger partial charge in [0.2, 0.25) is 0 Å². The predicted octanol–water partition coefficient (Wildman–Crippen LogP) is 0.667. The van der Waals surface area contributed by atoms with Crippen LogP contribution >= 0.6 is 11.6 Å². The van der Waals surface area contributed by atoms with E-state index in [2.05, 4.69) is 0 Å². The van der Waals surface area contributed by atoms with Gasteiger partial charge in [0, 0.05) is 16.1 Å². The Kier molecular flexibility index (Phi) is 4.96. The average molecular weight is 108 g/mol. The van der Waals surface area contributed by atoms with Crippen molar-refractivity contribution in [1.29, 1.82) is 0 Å². The molecule has 0 nitrogen and oxygen atoms in total. The van der Waals surface area contributed by atoms with Crippen molar-refractivity contribution >= 4 is 21.8 Å². The Morgan fingerprint density at radius 1 is 1.60 bits per heavy atom. The molecule has 0 saturated heterocycles. The second-order valence-electron chi connectivity index (χ2n) is 0.896. The first-order valence-electron chi connectivity index (χ1n) is 1.77. The van der Waals surface area contributed by atoms with Gasteiger partial charge in [0.15, 0.2) is 0 Å². The topological polar surface area (TPSA) is 0 Å². The second-order valence-corrected chi connectivity index (χ2v) is 1.98. The SMILES string of the molecule is [SiH2]CCCCl. The maximum Gasteiger partial charge on any atom is 0.0220 e. The Labute approximate surface area is 40.9 Å². The molecule has 0 rings (SSSR count). The van der Waals surface area contributed by atoms with Gasteiger partial charge in [-0.05, 0) is 6.42 Å². The van der Waals surface area contributed by atoms with Crippen LogP contribution in [0.2, 0.25) is 6.04 Å². The lowest BCUT2D eigenvalue weighted by Gasteiger charge is -1.77. The van der Waals surface area contributed by atoms with Gasteiger partial charge in [-0.3, -0.25) is 0 Å². The summed E-state index contributed by atoms with van der Waals surface area (Å²) in [4.78, 5) is 0. The summed E-state index contributed by atoms with van der Waals surface area (Å²) in [5, 5.41) is 0. The quantitative estimate of drug-likeness (QED) is 0.360. The van der Waals surface area contributed by atoms with Crippen molar-refractivity contribution in [2.75, 3.05) is 5.88 Å². The number of halogens is 1. The summed E-state index contributed by atoms with van der Waals surface area (Å²) in [6.07, 6.45) is 1.17. The average Bonchev–Trinajstić information content (AvgIpc) is 1.41. The number of hydrogen-bond acceptors (Lipinski definition) is 0. The van der Waals surface area contributed by atoms with E-state index in [-0.39, 0.29) is 0 Å². The molecule has 0 heterocycles. The van der Waals surface area contributed by atoms with Gasteiger partial charge < -0.3 is 0 Å². The summed E-state index contributed by atoms with van der Waals surface area (Å²) in [6, 6.07) is 1.24. The van der Waals surface area contributed by atoms with Gasteiger partial charge in [-0.2, -0.15) is 0 Å². The van der Waals surface area contributed by atoms with E-state index in [0.29, 0.717) is 0 Å². The van der Waals surface area contributed by atoms with Crippen molar-refractivity contribution in [2.45, 2.75) is 12.5 Å². The molecule has 0 N–H and O–H groups in total. The Bertz CT molecular complexity index is 14.4. The fourth-order valence-corrected chi connectivity index (χ4v) is 0.850. The van der Waals surface area contributed by atoms with Crippen LogP contribution in [-0.4, -0.2) is 16.1 Å². The molecule has 0 aliphatic heterocycles. The zero-order valence-electron chi connectivity index (χ0n) is 3.21. The van der Waals surface area contributed by atoms with Crippen LogP contribution in [-0.2, 0) is 0 Å². The van der Waals surface area contributed by atoms with Gasteiger partial charge in [-0.1, -0.05) is 6.04 Å². The molecule has 5 heavy (non-hydrogen) atoms. The predicted molar refractivity (Wildman–Crippen MR) is 28.7 cm³/mol. The van der Waals surface area contributed by atoms with E-state index in [1.54, 1.807) is 0 Å². The molecule has 31 valence electrons. The van der Waals surface area contributed by atoms with E-state index in [9.17, 15) is 0 Å². The zero-order chi connectivity index (χ0) is 4.12. The number of alkyl halides is 1. The molecule has 0 spiro atoms. The molecule has 1 radical (unpaired) electrons. The molecular weight excluding hydrogens is 99.6 g/mol. The van der Waals surface area contributed by atoms with E-state index < -0.39 is 0 Å². The highest BCUT2D eigenvalue weighted by atomic mass is 35.5. The van der Waals surface area contributed by atoms with E-state index in [1.807, 2.05) is 10.2 Å². The third-order valence-corrected chi connectivity index (χ3v) is 1.15. The van der Waals surface area contributed by atoms with Crippen LogP contribution in [0.25, 0.3) is 0 Å². The summed E-state index contributed by atoms with van der Waals surface area (Å²) in [5.74, 6) is 0.823. The van der Waals surface area contributed by atoms with Gasteiger partial charge in [0.05, 0.1) is 0 Å². The normalized spacial score (nSPS) is 8.40. The first-order chi connectivity index (χ1) is 2.41. The maximum absolute atomic E-state index is 5.31. The van der Waals surface area contributed by atoms with Crippen molar-refractivity contribution in [3.05, 3.63) is 0 Å². The molecule has 0 bridgehead atoms. The minimum atomic E-state index is 0.823. The second kappa shape index (κ2) is 4.51. The van der Waals surface area contributed by atoms with Crippen molar-refractivity contribution < 1.29 is 0 Å². The maximum atomic E-state index is 5.31. The van der Waals surface area contributed by atoms with Gasteiger partial charge in [-0.25, -0.2) is 0 Å². The molecule has 2 heteroatoms. The highest BCUT2D eigenvalue weighted by Crippen LogP contribution is 1.84. The molecule has 0 aromatic rings. The van der Waals surface area contributed by atoms with Crippen LogP contribution in [0.3, 0.4) is 0 Å². The highest BCUT2D eigenvalue weighted by molar-refractivity contribution is 6.18. The summed E-state index contributed by atoms with van der Waals surface area (Å²) in [7, 11) is 1.96. The number of rotatable bonds is 2. The van der Waals surface area contributed by atoms with Gasteiger partial charge in [0.1, 0.15) is 0 Å². The molecule has 0 fully saturated rings. The van der Waals surface area contributed by atoms with Crippen molar-refractivity contribution in [3.8, 4) is 0 Å². The molecule has 0 atom stereocenters. The van der Waals surface area contributed by atoms with E-state index in [4.69, 9.17) is 11.6 Å². The first kappa shape index (κ1) is 5.51. The standard InChI is InChI=1S/C3H8ClSi/c4-2-1-3-5/h1-3,5H2. The monoisotopic (exact) mass is 107 g/mol. The van der Waals surface area contributed by atoms with Crippen LogP contribution in [0.15, 0.2) is 0 Å². The molecular formula is C3H8ClSi. The van der Waals surface area contributed by atoms with Gasteiger partial charge in [-0.15, -0.1) is 11.6 Å². The Morgan fingerprint density at radius 3 is 2.20 bits per heavy atom. The lowest BCUT2D eigenvalue weighted by molar-refractivity contribution is 1.09. The molecule has 0 amide bonds. The van der Waals surface area contributed by atoms with Crippen molar-refractivity contribution in [3.63, 3.8) is 0 Å². The molecule has 0 aliphatic carbocycles. The van der Waals surface area contributed by atoms with Crippen LogP contribution in [0.5, 0.6) is 0 Å². The van der Waals surface area contributed by atoms with Crippen LogP contribution in [0, 0.1) is 0 Å². The summed E-state index contributed by atoms with van der Waals surface area (Å²) in [6.45, 7) is 0. The van der Waals surface area contributed by atoms with Crippen LogP contribution < -0.4 is 0 Å². The fourth-order valence-electron chi connectivity index (χ4n) is 0.0945. The summed E-state index contributed by atoms with van der Waals surface area (Å²) >= 11 is 5.31. The Hall–Kier alpha value is 0.507. The minimum Gasteiger partial charge on any atom is -0.127 e. The van der Waals surface area contributed by atoms with Crippen molar-refractivity contribution in [2.24, 2.45) is 0 Å². The first-order valence-corrected chi connectivity index (χ1v) is 3.30. The highest BCUT2D eigenvalue weighted by Gasteiger charge is 1.70. The third-order valence-electron chi connectivity index (χ3n) is 0.384. The summed E-state index contributed by atoms with van der Waals surface area (Å²) < 4.78 is 0. The largest absolute Gasteiger partial charge is 0.127 e. The van der Waals surface area contributed by atoms with E-state index >= 15 is 0 Å². The lowest BCUT2D eigenvalue weighted by atomic mass is 10.6. The van der Waals surface area contributed by atoms with Crippen molar-refractivity contribution in [1.82, 2.24) is 0 Å². The Morgan fingerprint density at radius 2 is 2.20 bits per heavy atom. The number of hydrogen-bond donors (Lipinski definition) is 0. The molecule has 0 aromatic heterocycles. The lowest BCUT2D eigenvalue weighted by Crippen LogP contribution is -1.68. The molecule has 0 unspecified atom stereocenters. The van der Waals surface area contributed by atoms with Gasteiger partial charge >= 0.3 is 0 Å². The smallest absolute Gasteiger partial charge is 0.0220 e. The van der Waals surface area contributed by atoms with E-state index in [1.165, 1.54) is 12.5 Å². The Balaban J connectivity index is 2.19. The molecule has 0 saturated carbocycles. The minimum absolute atomic E-state index is 0.823. The van der Waals surface area contributed by atoms with Crippen LogP contribution in [0.1, 0.15) is 6.42 Å². The van der Waals surface area contributed by atoms with Crippen LogP contribution in [0.4, 0.5) is 0 Å². The third kappa shape index (κ3) is 4.51. The molecule has 0 aromatic carbocycles. The summed E-state index contributed by atoms with van der Waals surface area (Å²) in [5.41, 5.74) is 0. The fraction of sp³-hybridized carbons (Fsp3) is 1.00.